The summed E-state index contributed by atoms with van der Waals surface area (Å²) in [6.07, 6.45) is 0. The molecule has 8 heteroatoms. The van der Waals surface area contributed by atoms with Crippen molar-refractivity contribution in [1.29, 1.82) is 0 Å². The molecule has 0 unspecified atom stereocenters. The summed E-state index contributed by atoms with van der Waals surface area (Å²) in [4.78, 5) is 21.1. The molecule has 0 aromatic heterocycles. The molecule has 5 nitrogen and oxygen atoms in total. The molecule has 17 heavy (non-hydrogen) atoms. The van der Waals surface area contributed by atoms with Crippen molar-refractivity contribution in [3.05, 3.63) is 39.4 Å². The maximum Gasteiger partial charge on any atom is 0.285 e. The molecule has 1 aromatic rings. The molecule has 0 aliphatic carbocycles. The number of rotatable bonds is 4. The molecule has 0 spiro atoms. The third-order valence-electron chi connectivity index (χ3n) is 1.86. The van der Waals surface area contributed by atoms with E-state index in [1.54, 1.807) is 0 Å². The molecule has 0 heterocycles. The normalized spacial score (nSPS) is 10.1. The lowest BCUT2D eigenvalue weighted by molar-refractivity contribution is -0.385. The first-order chi connectivity index (χ1) is 7.97. The van der Waals surface area contributed by atoms with Crippen LogP contribution in [0.4, 0.5) is 14.5 Å². The number of amides is 1. The smallest absolute Gasteiger partial charge is 0.285 e. The fourth-order valence-corrected chi connectivity index (χ4v) is 1.32. The summed E-state index contributed by atoms with van der Waals surface area (Å²) in [5, 5.41) is 13.3. The largest absolute Gasteiger partial charge is 0.351 e. The molecule has 0 fully saturated rings. The maximum atomic E-state index is 12.9. The Bertz CT molecular complexity index is 468. The quantitative estimate of drug-likeness (QED) is 0.525. The second-order valence-electron chi connectivity index (χ2n) is 2.99. The Kier molecular flexibility index (Phi) is 4.50. The van der Waals surface area contributed by atoms with Crippen molar-refractivity contribution in [2.75, 3.05) is 11.9 Å². The van der Waals surface area contributed by atoms with Gasteiger partial charge in [0.1, 0.15) is 5.56 Å². The van der Waals surface area contributed by atoms with E-state index in [1.165, 1.54) is 0 Å². The second-order valence-corrected chi connectivity index (χ2v) is 3.78. The summed E-state index contributed by atoms with van der Waals surface area (Å²) in [6, 6.07) is 0.898. The third-order valence-corrected chi connectivity index (χ3v) is 2.26. The summed E-state index contributed by atoms with van der Waals surface area (Å²) < 4.78 is 25.7. The lowest BCUT2D eigenvalue weighted by Gasteiger charge is -2.04. The van der Waals surface area contributed by atoms with Crippen molar-refractivity contribution in [3.8, 4) is 0 Å². The first-order valence-electron chi connectivity index (χ1n) is 4.45. The standard InChI is InChI=1S/C9H7BrF2N2O3/c10-1-2-13-9(15)5-3-6(11)7(12)4-8(5)14(16)17/h3-4H,1-2H2,(H,13,15). The van der Waals surface area contributed by atoms with Crippen LogP contribution in [0.2, 0.25) is 0 Å². The van der Waals surface area contributed by atoms with E-state index >= 15 is 0 Å². The van der Waals surface area contributed by atoms with Crippen LogP contribution < -0.4 is 5.32 Å². The zero-order valence-electron chi connectivity index (χ0n) is 8.37. The Balaban J connectivity index is 3.16. The van der Waals surface area contributed by atoms with E-state index in [0.29, 0.717) is 17.5 Å². The van der Waals surface area contributed by atoms with Gasteiger partial charge < -0.3 is 5.32 Å². The van der Waals surface area contributed by atoms with E-state index in [0.717, 1.165) is 0 Å². The lowest BCUT2D eigenvalue weighted by atomic mass is 10.1. The number of carbonyl (C=O) groups is 1. The maximum absolute atomic E-state index is 12.9. The Morgan fingerprint density at radius 2 is 2.00 bits per heavy atom. The van der Waals surface area contributed by atoms with Gasteiger partial charge in [0.25, 0.3) is 11.6 Å². The molecule has 1 aromatic carbocycles. The van der Waals surface area contributed by atoms with Crippen molar-refractivity contribution >= 4 is 27.5 Å². The molecule has 1 N–H and O–H groups in total. The van der Waals surface area contributed by atoms with Gasteiger partial charge in [-0.1, -0.05) is 15.9 Å². The molecule has 0 atom stereocenters. The van der Waals surface area contributed by atoms with Crippen LogP contribution in [0.15, 0.2) is 12.1 Å². The van der Waals surface area contributed by atoms with Crippen LogP contribution in [0.5, 0.6) is 0 Å². The molecular weight excluding hydrogens is 302 g/mol. The molecule has 0 saturated carbocycles. The molecule has 0 bridgehead atoms. The zero-order chi connectivity index (χ0) is 13.0. The summed E-state index contributed by atoms with van der Waals surface area (Å²) in [5.74, 6) is -3.50. The van der Waals surface area contributed by atoms with Gasteiger partial charge in [-0.15, -0.1) is 0 Å². The van der Waals surface area contributed by atoms with Crippen molar-refractivity contribution in [2.45, 2.75) is 0 Å². The number of nitro benzene ring substituents is 1. The monoisotopic (exact) mass is 308 g/mol. The number of nitrogens with one attached hydrogen (secondary N) is 1. The fraction of sp³-hybridized carbons (Fsp3) is 0.222. The minimum absolute atomic E-state index is 0.217. The van der Waals surface area contributed by atoms with Gasteiger partial charge in [0, 0.05) is 11.9 Å². The molecule has 1 amide bonds. The zero-order valence-corrected chi connectivity index (χ0v) is 9.96. The minimum atomic E-state index is -1.37. The van der Waals surface area contributed by atoms with E-state index in [1.807, 2.05) is 0 Å². The van der Waals surface area contributed by atoms with Crippen molar-refractivity contribution < 1.29 is 18.5 Å². The average molecular weight is 309 g/mol. The van der Waals surface area contributed by atoms with Gasteiger partial charge >= 0.3 is 0 Å². The number of nitrogens with zero attached hydrogens (tertiary/aromatic N) is 1. The number of hydrogen-bond donors (Lipinski definition) is 1. The van der Waals surface area contributed by atoms with E-state index in [-0.39, 0.29) is 6.54 Å². The average Bonchev–Trinajstić information content (AvgIpc) is 2.28. The molecule has 0 aliphatic rings. The van der Waals surface area contributed by atoms with Gasteiger partial charge in [-0.25, -0.2) is 8.78 Å². The number of nitro groups is 1. The van der Waals surface area contributed by atoms with Crippen molar-refractivity contribution in [1.82, 2.24) is 5.32 Å². The van der Waals surface area contributed by atoms with Crippen LogP contribution >= 0.6 is 15.9 Å². The van der Waals surface area contributed by atoms with Crippen LogP contribution in [0.25, 0.3) is 0 Å². The Morgan fingerprint density at radius 3 is 2.53 bits per heavy atom. The lowest BCUT2D eigenvalue weighted by Crippen LogP contribution is -2.26. The molecular formula is C9H7BrF2N2O3. The van der Waals surface area contributed by atoms with Gasteiger partial charge in [0.2, 0.25) is 0 Å². The van der Waals surface area contributed by atoms with Crippen LogP contribution in [0.1, 0.15) is 10.4 Å². The molecule has 0 saturated heterocycles. The van der Waals surface area contributed by atoms with E-state index in [2.05, 4.69) is 21.2 Å². The predicted molar refractivity (Wildman–Crippen MR) is 59.1 cm³/mol. The minimum Gasteiger partial charge on any atom is -0.351 e. The number of halogens is 3. The first kappa shape index (κ1) is 13.5. The van der Waals surface area contributed by atoms with E-state index in [4.69, 9.17) is 0 Å². The fourth-order valence-electron chi connectivity index (χ4n) is 1.13. The molecule has 1 rings (SSSR count). The van der Waals surface area contributed by atoms with Gasteiger partial charge in [-0.3, -0.25) is 14.9 Å². The van der Waals surface area contributed by atoms with Crippen molar-refractivity contribution in [2.24, 2.45) is 0 Å². The van der Waals surface area contributed by atoms with E-state index in [9.17, 15) is 23.7 Å². The predicted octanol–water partition coefficient (Wildman–Crippen LogP) is 2.00. The highest BCUT2D eigenvalue weighted by Gasteiger charge is 2.23. The number of alkyl halides is 1. The highest BCUT2D eigenvalue weighted by Crippen LogP contribution is 2.22. The third kappa shape index (κ3) is 3.19. The van der Waals surface area contributed by atoms with Gasteiger partial charge in [-0.2, -0.15) is 0 Å². The van der Waals surface area contributed by atoms with Crippen LogP contribution in [-0.2, 0) is 0 Å². The van der Waals surface area contributed by atoms with Crippen LogP contribution in [-0.4, -0.2) is 22.7 Å². The van der Waals surface area contributed by atoms with Crippen LogP contribution in [0, 0.1) is 21.7 Å². The SMILES string of the molecule is O=C(NCCBr)c1cc(F)c(F)cc1[N+](=O)[O-]. The summed E-state index contributed by atoms with van der Waals surface area (Å²) >= 11 is 3.04. The van der Waals surface area contributed by atoms with Crippen LogP contribution in [0.3, 0.4) is 0 Å². The number of benzene rings is 1. The van der Waals surface area contributed by atoms with Crippen molar-refractivity contribution in [3.63, 3.8) is 0 Å². The number of hydrogen-bond acceptors (Lipinski definition) is 3. The molecule has 0 aliphatic heterocycles. The Labute approximate surface area is 103 Å². The van der Waals surface area contributed by atoms with Gasteiger partial charge in [0.05, 0.1) is 11.0 Å². The first-order valence-corrected chi connectivity index (χ1v) is 5.57. The van der Waals surface area contributed by atoms with Gasteiger partial charge in [0.15, 0.2) is 11.6 Å². The highest BCUT2D eigenvalue weighted by molar-refractivity contribution is 9.09. The summed E-state index contributed by atoms with van der Waals surface area (Å²) in [6.45, 7) is 0.217. The molecule has 0 radical (unpaired) electrons. The van der Waals surface area contributed by atoms with Gasteiger partial charge in [-0.05, 0) is 6.07 Å². The topological polar surface area (TPSA) is 72.2 Å². The second kappa shape index (κ2) is 5.67. The Morgan fingerprint density at radius 1 is 1.41 bits per heavy atom. The summed E-state index contributed by atoms with van der Waals surface area (Å²) in [5.41, 5.74) is -1.27. The van der Waals surface area contributed by atoms with E-state index < -0.39 is 33.7 Å². The highest BCUT2D eigenvalue weighted by atomic mass is 79.9. The number of carbonyl (C=O) groups excluding carboxylic acids is 1. The molecule has 92 valence electrons. The Hall–Kier alpha value is -1.57. The summed E-state index contributed by atoms with van der Waals surface area (Å²) in [7, 11) is 0.